The lowest BCUT2D eigenvalue weighted by Gasteiger charge is -2.18. The number of allylic oxidation sites excluding steroid dienone is 20. The minimum absolute atomic E-state index is 0.124. The first-order valence-electron chi connectivity index (χ1n) is 27.5. The zero-order chi connectivity index (χ0) is 49.3. The minimum Gasteiger partial charge on any atom is -0.462 e. The topological polar surface area (TPSA) is 78.9 Å². The summed E-state index contributed by atoms with van der Waals surface area (Å²) in [6.45, 7) is 6.31. The lowest BCUT2D eigenvalue weighted by molar-refractivity contribution is -0.166. The van der Waals surface area contributed by atoms with Crippen LogP contribution >= 0.6 is 0 Å². The van der Waals surface area contributed by atoms with Gasteiger partial charge in [0.1, 0.15) is 13.2 Å². The van der Waals surface area contributed by atoms with Crippen molar-refractivity contribution in [1.82, 2.24) is 0 Å². The van der Waals surface area contributed by atoms with Gasteiger partial charge in [-0.1, -0.05) is 239 Å². The average molecular weight is 941 g/mol. The molecule has 0 aliphatic carbocycles. The summed E-state index contributed by atoms with van der Waals surface area (Å²) in [5.74, 6) is -1.05. The van der Waals surface area contributed by atoms with Gasteiger partial charge in [0, 0.05) is 19.3 Å². The van der Waals surface area contributed by atoms with Gasteiger partial charge in [0.25, 0.3) is 0 Å². The van der Waals surface area contributed by atoms with Crippen LogP contribution in [-0.2, 0) is 28.6 Å². The van der Waals surface area contributed by atoms with E-state index in [0.717, 1.165) is 96.3 Å². The predicted molar refractivity (Wildman–Crippen MR) is 293 cm³/mol. The Bertz CT molecular complexity index is 1450. The summed E-state index contributed by atoms with van der Waals surface area (Å²) < 4.78 is 16.7. The summed E-state index contributed by atoms with van der Waals surface area (Å²) in [6, 6.07) is 0. The van der Waals surface area contributed by atoms with Crippen molar-refractivity contribution in [3.05, 3.63) is 122 Å². The quantitative estimate of drug-likeness (QED) is 0.0262. The summed E-state index contributed by atoms with van der Waals surface area (Å²) in [5.41, 5.74) is 0. The number of carbonyl (C=O) groups excluding carboxylic acids is 3. The molecule has 0 spiro atoms. The summed E-state index contributed by atoms with van der Waals surface area (Å²) >= 11 is 0. The monoisotopic (exact) mass is 941 g/mol. The Morgan fingerprint density at radius 1 is 0.309 bits per heavy atom. The van der Waals surface area contributed by atoms with E-state index in [0.29, 0.717) is 25.7 Å². The van der Waals surface area contributed by atoms with Gasteiger partial charge >= 0.3 is 17.9 Å². The van der Waals surface area contributed by atoms with Crippen LogP contribution in [0, 0.1) is 0 Å². The Kier molecular flexibility index (Phi) is 52.0. The van der Waals surface area contributed by atoms with Crippen LogP contribution in [0.5, 0.6) is 0 Å². The molecule has 0 fully saturated rings. The largest absolute Gasteiger partial charge is 0.462 e. The third kappa shape index (κ3) is 52.8. The van der Waals surface area contributed by atoms with Gasteiger partial charge in [-0.15, -0.1) is 0 Å². The third-order valence-electron chi connectivity index (χ3n) is 11.2. The molecule has 6 nitrogen and oxygen atoms in total. The molecule has 0 aromatic rings. The van der Waals surface area contributed by atoms with Crippen molar-refractivity contribution in [3.63, 3.8) is 0 Å². The SMILES string of the molecule is CC/C=C\C/C=C\C/C=C\C/C=C\C/C=C\C/C=C\CCC(=O)OCC(COC(=O)CCCC/C=C\C/C=C\C/C=C\C/C=C\CC)OC(=O)CCCCCCCCCCCCCCCCCC. The Hall–Kier alpha value is -4.19. The highest BCUT2D eigenvalue weighted by Crippen LogP contribution is 2.15. The smallest absolute Gasteiger partial charge is 0.306 e. The molecule has 68 heavy (non-hydrogen) atoms. The zero-order valence-corrected chi connectivity index (χ0v) is 43.8. The van der Waals surface area contributed by atoms with Crippen LogP contribution in [0.3, 0.4) is 0 Å². The molecule has 1 unspecified atom stereocenters. The maximum Gasteiger partial charge on any atom is 0.306 e. The normalized spacial score (nSPS) is 13.0. The molecule has 0 bridgehead atoms. The van der Waals surface area contributed by atoms with E-state index in [1.54, 1.807) is 0 Å². The van der Waals surface area contributed by atoms with E-state index < -0.39 is 6.10 Å². The van der Waals surface area contributed by atoms with Crippen molar-refractivity contribution >= 4 is 17.9 Å². The minimum atomic E-state index is -0.827. The lowest BCUT2D eigenvalue weighted by Crippen LogP contribution is -2.30. The molecule has 0 heterocycles. The third-order valence-corrected chi connectivity index (χ3v) is 11.2. The number of carbonyl (C=O) groups is 3. The maximum absolute atomic E-state index is 12.8. The highest BCUT2D eigenvalue weighted by atomic mass is 16.6. The van der Waals surface area contributed by atoms with Crippen LogP contribution in [0.2, 0.25) is 0 Å². The molecule has 1 atom stereocenters. The molecule has 6 heteroatoms. The fourth-order valence-electron chi connectivity index (χ4n) is 7.16. The molecule has 0 amide bonds. The Morgan fingerprint density at radius 2 is 0.603 bits per heavy atom. The summed E-state index contributed by atoms with van der Waals surface area (Å²) in [5, 5.41) is 0. The molecule has 0 N–H and O–H groups in total. The van der Waals surface area contributed by atoms with Crippen LogP contribution in [0.25, 0.3) is 0 Å². The highest BCUT2D eigenvalue weighted by Gasteiger charge is 2.19. The summed E-state index contributed by atoms with van der Waals surface area (Å²) in [6.07, 6.45) is 76.3. The lowest BCUT2D eigenvalue weighted by atomic mass is 10.0. The molecule has 0 aliphatic rings. The van der Waals surface area contributed by atoms with E-state index >= 15 is 0 Å². The van der Waals surface area contributed by atoms with Gasteiger partial charge in [-0.2, -0.15) is 0 Å². The second kappa shape index (κ2) is 55.4. The molecular weight excluding hydrogens is 841 g/mol. The zero-order valence-electron chi connectivity index (χ0n) is 43.8. The first-order chi connectivity index (χ1) is 33.5. The van der Waals surface area contributed by atoms with Gasteiger partial charge in [0.2, 0.25) is 0 Å². The molecule has 0 rings (SSSR count). The van der Waals surface area contributed by atoms with Crippen molar-refractivity contribution in [2.45, 2.75) is 239 Å². The summed E-state index contributed by atoms with van der Waals surface area (Å²) in [7, 11) is 0. The van der Waals surface area contributed by atoms with Crippen LogP contribution < -0.4 is 0 Å². The van der Waals surface area contributed by atoms with Gasteiger partial charge in [-0.25, -0.2) is 0 Å². The second-order valence-corrected chi connectivity index (χ2v) is 17.7. The van der Waals surface area contributed by atoms with Crippen molar-refractivity contribution in [2.24, 2.45) is 0 Å². The van der Waals surface area contributed by atoms with Crippen LogP contribution in [0.1, 0.15) is 233 Å². The molecule has 0 saturated carbocycles. The Labute approximate surface area is 418 Å². The molecular formula is C62H100O6. The Balaban J connectivity index is 4.56. The van der Waals surface area contributed by atoms with Gasteiger partial charge in [0.05, 0.1) is 0 Å². The van der Waals surface area contributed by atoms with E-state index in [1.807, 2.05) is 12.2 Å². The molecule has 0 aromatic heterocycles. The van der Waals surface area contributed by atoms with Gasteiger partial charge in [0.15, 0.2) is 6.10 Å². The Morgan fingerprint density at radius 3 is 0.985 bits per heavy atom. The standard InChI is InChI=1S/C62H100O6/c1-4-7-10-13-16-19-22-25-28-30-31-32-35-37-40-43-46-49-52-55-61(64)67-58-59(57-66-60(63)54-51-48-45-42-39-36-33-27-24-21-18-15-12-9-6-3)68-62(65)56-53-50-47-44-41-38-34-29-26-23-20-17-14-11-8-5-2/h7,9-10,12,16,18-19,21,25,27-28,31-33,37,39-40,42,46,49,59H,4-6,8,11,13-15,17,20,22-24,26,29-30,34-36,38,41,43-45,47-48,50-58H2,1-3H3/b10-7-,12-9-,19-16-,21-18-,28-25-,32-31-,33-27-,40-37-,42-39-,49-46-. The maximum atomic E-state index is 12.8. The van der Waals surface area contributed by atoms with Crippen LogP contribution in [0.15, 0.2) is 122 Å². The fraction of sp³-hybridized carbons (Fsp3) is 0.629. The highest BCUT2D eigenvalue weighted by molar-refractivity contribution is 5.71. The van der Waals surface area contributed by atoms with Gasteiger partial charge in [-0.05, 0) is 96.3 Å². The van der Waals surface area contributed by atoms with E-state index in [2.05, 4.69) is 130 Å². The first-order valence-corrected chi connectivity index (χ1v) is 27.5. The molecule has 0 aliphatic heterocycles. The fourth-order valence-corrected chi connectivity index (χ4v) is 7.16. The molecule has 384 valence electrons. The van der Waals surface area contributed by atoms with E-state index in [-0.39, 0.29) is 37.5 Å². The van der Waals surface area contributed by atoms with Crippen molar-refractivity contribution in [1.29, 1.82) is 0 Å². The van der Waals surface area contributed by atoms with Crippen molar-refractivity contribution < 1.29 is 28.6 Å². The number of unbranched alkanes of at least 4 members (excludes halogenated alkanes) is 17. The predicted octanol–water partition coefficient (Wildman–Crippen LogP) is 18.5. The molecule has 0 aromatic carbocycles. The summed E-state index contributed by atoms with van der Waals surface area (Å²) in [4.78, 5) is 38.1. The van der Waals surface area contributed by atoms with Crippen LogP contribution in [0.4, 0.5) is 0 Å². The van der Waals surface area contributed by atoms with Gasteiger partial charge in [-0.3, -0.25) is 14.4 Å². The number of rotatable bonds is 48. The van der Waals surface area contributed by atoms with Crippen LogP contribution in [-0.4, -0.2) is 37.2 Å². The molecule has 0 saturated heterocycles. The second-order valence-electron chi connectivity index (χ2n) is 17.7. The number of ether oxygens (including phenoxy) is 3. The van der Waals surface area contributed by atoms with Crippen molar-refractivity contribution in [3.8, 4) is 0 Å². The number of hydrogen-bond donors (Lipinski definition) is 0. The van der Waals surface area contributed by atoms with E-state index in [1.165, 1.54) is 83.5 Å². The van der Waals surface area contributed by atoms with E-state index in [9.17, 15) is 14.4 Å². The van der Waals surface area contributed by atoms with Crippen molar-refractivity contribution in [2.75, 3.05) is 13.2 Å². The number of hydrogen-bond acceptors (Lipinski definition) is 6. The van der Waals surface area contributed by atoms with E-state index in [4.69, 9.17) is 14.2 Å². The molecule has 0 radical (unpaired) electrons. The first kappa shape index (κ1) is 63.8. The average Bonchev–Trinajstić information content (AvgIpc) is 3.34. The number of esters is 3. The van der Waals surface area contributed by atoms with Gasteiger partial charge < -0.3 is 14.2 Å².